The molecule has 0 fully saturated rings. The van der Waals surface area contributed by atoms with Crippen LogP contribution in [0.25, 0.3) is 0 Å². The Balaban J connectivity index is 2.14. The van der Waals surface area contributed by atoms with E-state index in [1.165, 1.54) is 18.2 Å². The fourth-order valence-electron chi connectivity index (χ4n) is 2.14. The SMILES string of the molecule is CCCOc1cccc(NC(C)c2c(F)cccc2F)c1. The fourth-order valence-corrected chi connectivity index (χ4v) is 2.14. The molecule has 2 aromatic rings. The lowest BCUT2D eigenvalue weighted by Crippen LogP contribution is -2.11. The minimum Gasteiger partial charge on any atom is -0.494 e. The van der Waals surface area contributed by atoms with E-state index in [9.17, 15) is 8.78 Å². The van der Waals surface area contributed by atoms with Crippen LogP contribution in [0.2, 0.25) is 0 Å². The topological polar surface area (TPSA) is 21.3 Å². The quantitative estimate of drug-likeness (QED) is 0.815. The second-order valence-corrected chi connectivity index (χ2v) is 4.88. The Hall–Kier alpha value is -2.10. The van der Waals surface area contributed by atoms with E-state index in [0.29, 0.717) is 6.61 Å². The first kappa shape index (κ1) is 15.3. The second kappa shape index (κ2) is 7.07. The first-order chi connectivity index (χ1) is 10.1. The molecule has 1 unspecified atom stereocenters. The second-order valence-electron chi connectivity index (χ2n) is 4.88. The number of hydrogen-bond acceptors (Lipinski definition) is 2. The molecular weight excluding hydrogens is 272 g/mol. The predicted molar refractivity (Wildman–Crippen MR) is 80.6 cm³/mol. The third-order valence-corrected chi connectivity index (χ3v) is 3.12. The summed E-state index contributed by atoms with van der Waals surface area (Å²) >= 11 is 0. The number of anilines is 1. The zero-order chi connectivity index (χ0) is 15.2. The van der Waals surface area contributed by atoms with Gasteiger partial charge in [0.05, 0.1) is 12.6 Å². The van der Waals surface area contributed by atoms with Crippen molar-refractivity contribution < 1.29 is 13.5 Å². The molecule has 0 heterocycles. The van der Waals surface area contributed by atoms with Gasteiger partial charge in [0.15, 0.2) is 0 Å². The molecule has 2 aromatic carbocycles. The number of nitrogens with one attached hydrogen (secondary N) is 1. The van der Waals surface area contributed by atoms with Crippen LogP contribution < -0.4 is 10.1 Å². The smallest absolute Gasteiger partial charge is 0.131 e. The molecular formula is C17H19F2NO. The lowest BCUT2D eigenvalue weighted by molar-refractivity contribution is 0.317. The van der Waals surface area contributed by atoms with E-state index in [2.05, 4.69) is 5.32 Å². The normalized spacial score (nSPS) is 12.0. The van der Waals surface area contributed by atoms with Crippen LogP contribution >= 0.6 is 0 Å². The maximum Gasteiger partial charge on any atom is 0.131 e. The van der Waals surface area contributed by atoms with Gasteiger partial charge in [-0.1, -0.05) is 19.1 Å². The highest BCUT2D eigenvalue weighted by molar-refractivity contribution is 5.50. The Labute approximate surface area is 123 Å². The van der Waals surface area contributed by atoms with Crippen LogP contribution in [-0.4, -0.2) is 6.61 Å². The van der Waals surface area contributed by atoms with Gasteiger partial charge in [-0.3, -0.25) is 0 Å². The maximum absolute atomic E-state index is 13.7. The third kappa shape index (κ3) is 3.94. The van der Waals surface area contributed by atoms with Gasteiger partial charge in [-0.25, -0.2) is 8.78 Å². The maximum atomic E-state index is 13.7. The molecule has 0 aliphatic heterocycles. The summed E-state index contributed by atoms with van der Waals surface area (Å²) in [6, 6.07) is 10.8. The molecule has 2 rings (SSSR count). The highest BCUT2D eigenvalue weighted by atomic mass is 19.1. The van der Waals surface area contributed by atoms with Gasteiger partial charge in [-0.05, 0) is 37.6 Å². The molecule has 0 amide bonds. The lowest BCUT2D eigenvalue weighted by Gasteiger charge is -2.17. The van der Waals surface area contributed by atoms with E-state index in [1.54, 1.807) is 6.92 Å². The first-order valence-corrected chi connectivity index (χ1v) is 7.05. The molecule has 0 saturated carbocycles. The van der Waals surface area contributed by atoms with Crippen molar-refractivity contribution in [2.75, 3.05) is 11.9 Å². The summed E-state index contributed by atoms with van der Waals surface area (Å²) in [7, 11) is 0. The number of halogens is 2. The molecule has 0 spiro atoms. The summed E-state index contributed by atoms with van der Waals surface area (Å²) in [5.41, 5.74) is 0.802. The van der Waals surface area contributed by atoms with Crippen LogP contribution in [0.5, 0.6) is 5.75 Å². The van der Waals surface area contributed by atoms with Gasteiger partial charge in [-0.2, -0.15) is 0 Å². The molecule has 4 heteroatoms. The predicted octanol–water partition coefficient (Wildman–Crippen LogP) is 4.93. The van der Waals surface area contributed by atoms with Gasteiger partial charge < -0.3 is 10.1 Å². The van der Waals surface area contributed by atoms with Crippen molar-refractivity contribution in [1.82, 2.24) is 0 Å². The first-order valence-electron chi connectivity index (χ1n) is 7.05. The summed E-state index contributed by atoms with van der Waals surface area (Å²) < 4.78 is 33.0. The van der Waals surface area contributed by atoms with E-state index in [4.69, 9.17) is 4.74 Å². The highest BCUT2D eigenvalue weighted by Gasteiger charge is 2.15. The Morgan fingerprint density at radius 1 is 1.10 bits per heavy atom. The molecule has 0 aliphatic rings. The largest absolute Gasteiger partial charge is 0.494 e. The highest BCUT2D eigenvalue weighted by Crippen LogP contribution is 2.26. The molecule has 0 bridgehead atoms. The van der Waals surface area contributed by atoms with Crippen molar-refractivity contribution >= 4 is 5.69 Å². The third-order valence-electron chi connectivity index (χ3n) is 3.12. The van der Waals surface area contributed by atoms with Crippen LogP contribution in [0, 0.1) is 11.6 Å². The van der Waals surface area contributed by atoms with Crippen LogP contribution in [0.1, 0.15) is 31.9 Å². The van der Waals surface area contributed by atoms with Gasteiger partial charge in [-0.15, -0.1) is 0 Å². The Morgan fingerprint density at radius 3 is 2.43 bits per heavy atom. The fraction of sp³-hybridized carbons (Fsp3) is 0.294. The van der Waals surface area contributed by atoms with E-state index in [-0.39, 0.29) is 5.56 Å². The summed E-state index contributed by atoms with van der Waals surface area (Å²) in [5, 5.41) is 3.10. The number of rotatable bonds is 6. The molecule has 112 valence electrons. The van der Waals surface area contributed by atoms with Crippen molar-refractivity contribution in [2.45, 2.75) is 26.3 Å². The molecule has 1 atom stereocenters. The van der Waals surface area contributed by atoms with Crippen molar-refractivity contribution in [3.8, 4) is 5.75 Å². The lowest BCUT2D eigenvalue weighted by atomic mass is 10.1. The Morgan fingerprint density at radius 2 is 1.76 bits per heavy atom. The summed E-state index contributed by atoms with van der Waals surface area (Å²) in [6.07, 6.45) is 0.925. The van der Waals surface area contributed by atoms with Gasteiger partial charge in [0.1, 0.15) is 17.4 Å². The van der Waals surface area contributed by atoms with Gasteiger partial charge in [0.25, 0.3) is 0 Å². The number of benzene rings is 2. The van der Waals surface area contributed by atoms with E-state index in [1.807, 2.05) is 31.2 Å². The van der Waals surface area contributed by atoms with Crippen LogP contribution in [0.15, 0.2) is 42.5 Å². The minimum absolute atomic E-state index is 0.0392. The number of ether oxygens (including phenoxy) is 1. The summed E-state index contributed by atoms with van der Waals surface area (Å²) in [4.78, 5) is 0. The van der Waals surface area contributed by atoms with E-state index >= 15 is 0 Å². The Kier molecular flexibility index (Phi) is 5.14. The molecule has 0 saturated heterocycles. The summed E-state index contributed by atoms with van der Waals surface area (Å²) in [5.74, 6) is -0.357. The minimum atomic E-state index is -0.548. The zero-order valence-corrected chi connectivity index (χ0v) is 12.2. The van der Waals surface area contributed by atoms with Gasteiger partial charge in [0.2, 0.25) is 0 Å². The average Bonchev–Trinajstić information content (AvgIpc) is 2.45. The van der Waals surface area contributed by atoms with Crippen LogP contribution in [0.3, 0.4) is 0 Å². The van der Waals surface area contributed by atoms with Crippen LogP contribution in [0.4, 0.5) is 14.5 Å². The summed E-state index contributed by atoms with van der Waals surface area (Å²) in [6.45, 7) is 4.40. The van der Waals surface area contributed by atoms with Crippen LogP contribution in [-0.2, 0) is 0 Å². The van der Waals surface area contributed by atoms with Crippen molar-refractivity contribution in [3.05, 3.63) is 59.7 Å². The van der Waals surface area contributed by atoms with Gasteiger partial charge in [0, 0.05) is 17.3 Å². The molecule has 0 radical (unpaired) electrons. The van der Waals surface area contributed by atoms with Crippen molar-refractivity contribution in [2.24, 2.45) is 0 Å². The number of hydrogen-bond donors (Lipinski definition) is 1. The zero-order valence-electron chi connectivity index (χ0n) is 12.2. The Bertz CT molecular complexity index is 581. The van der Waals surface area contributed by atoms with E-state index in [0.717, 1.165) is 17.9 Å². The molecule has 0 aromatic heterocycles. The standard InChI is InChI=1S/C17H19F2NO/c1-3-10-21-14-7-4-6-13(11-14)20-12(2)17-15(18)8-5-9-16(17)19/h4-9,11-12,20H,3,10H2,1-2H3. The molecule has 2 nitrogen and oxygen atoms in total. The van der Waals surface area contributed by atoms with Gasteiger partial charge >= 0.3 is 0 Å². The molecule has 1 N–H and O–H groups in total. The average molecular weight is 291 g/mol. The van der Waals surface area contributed by atoms with E-state index < -0.39 is 17.7 Å². The monoisotopic (exact) mass is 291 g/mol. The molecule has 0 aliphatic carbocycles. The molecule has 21 heavy (non-hydrogen) atoms. The van der Waals surface area contributed by atoms with Crippen molar-refractivity contribution in [3.63, 3.8) is 0 Å². The van der Waals surface area contributed by atoms with Crippen molar-refractivity contribution in [1.29, 1.82) is 0 Å².